The summed E-state index contributed by atoms with van der Waals surface area (Å²) in [6.07, 6.45) is 5.02. The number of anilines is 1. The maximum absolute atomic E-state index is 11.6. The van der Waals surface area contributed by atoms with Crippen molar-refractivity contribution in [2.75, 3.05) is 5.32 Å². The van der Waals surface area contributed by atoms with Crippen LogP contribution in [0.15, 0.2) is 10.9 Å². The van der Waals surface area contributed by atoms with Gasteiger partial charge in [-0.3, -0.25) is 4.79 Å². The third-order valence-corrected chi connectivity index (χ3v) is 3.75. The molecule has 0 spiro atoms. The van der Waals surface area contributed by atoms with Crippen LogP contribution in [0.1, 0.15) is 58.2 Å². The zero-order chi connectivity index (χ0) is 13.1. The van der Waals surface area contributed by atoms with Crippen LogP contribution >= 0.6 is 0 Å². The van der Waals surface area contributed by atoms with Gasteiger partial charge in [-0.25, -0.2) is 4.98 Å². The van der Waals surface area contributed by atoms with Gasteiger partial charge < -0.3 is 10.3 Å². The third-order valence-electron chi connectivity index (χ3n) is 3.75. The fourth-order valence-corrected chi connectivity index (χ4v) is 2.54. The molecule has 18 heavy (non-hydrogen) atoms. The van der Waals surface area contributed by atoms with E-state index in [9.17, 15) is 4.79 Å². The van der Waals surface area contributed by atoms with Gasteiger partial charge in [-0.15, -0.1) is 0 Å². The second-order valence-electron chi connectivity index (χ2n) is 5.68. The first-order chi connectivity index (χ1) is 8.56. The highest BCUT2D eigenvalue weighted by Gasteiger charge is 2.21. The highest BCUT2D eigenvalue weighted by molar-refractivity contribution is 5.35. The largest absolute Gasteiger partial charge is 0.367 e. The van der Waals surface area contributed by atoms with Crippen molar-refractivity contribution in [1.29, 1.82) is 0 Å². The maximum Gasteiger partial charge on any atom is 0.252 e. The number of aromatic amines is 1. The Balaban J connectivity index is 2.15. The summed E-state index contributed by atoms with van der Waals surface area (Å²) in [5.41, 5.74) is -0.0698. The van der Waals surface area contributed by atoms with Crippen LogP contribution in [0, 0.1) is 5.92 Å². The molecule has 4 heteroatoms. The molecule has 1 aliphatic rings. The molecule has 2 unspecified atom stereocenters. The summed E-state index contributed by atoms with van der Waals surface area (Å²) in [5.74, 6) is 2.38. The zero-order valence-electron chi connectivity index (χ0n) is 11.5. The fourth-order valence-electron chi connectivity index (χ4n) is 2.54. The van der Waals surface area contributed by atoms with Gasteiger partial charge in [0.25, 0.3) is 5.56 Å². The van der Waals surface area contributed by atoms with E-state index in [1.807, 2.05) is 13.8 Å². The van der Waals surface area contributed by atoms with Crippen LogP contribution in [0.2, 0.25) is 0 Å². The lowest BCUT2D eigenvalue weighted by atomic mass is 9.86. The molecule has 1 fully saturated rings. The molecule has 2 rings (SSSR count). The van der Waals surface area contributed by atoms with Gasteiger partial charge in [-0.05, 0) is 18.8 Å². The maximum atomic E-state index is 11.6. The monoisotopic (exact) mass is 249 g/mol. The Morgan fingerprint density at radius 1 is 1.39 bits per heavy atom. The number of aromatic nitrogens is 2. The van der Waals surface area contributed by atoms with Gasteiger partial charge in [0.2, 0.25) is 0 Å². The Morgan fingerprint density at radius 3 is 2.78 bits per heavy atom. The van der Waals surface area contributed by atoms with Crippen molar-refractivity contribution < 1.29 is 0 Å². The van der Waals surface area contributed by atoms with E-state index < -0.39 is 0 Å². The quantitative estimate of drug-likeness (QED) is 0.866. The Kier molecular flexibility index (Phi) is 4.04. The van der Waals surface area contributed by atoms with Gasteiger partial charge in [0.1, 0.15) is 11.6 Å². The molecule has 2 atom stereocenters. The van der Waals surface area contributed by atoms with E-state index in [2.05, 4.69) is 22.2 Å². The minimum absolute atomic E-state index is 0.0698. The lowest BCUT2D eigenvalue weighted by molar-refractivity contribution is 0.349. The van der Waals surface area contributed by atoms with E-state index in [1.165, 1.54) is 25.7 Å². The summed E-state index contributed by atoms with van der Waals surface area (Å²) in [6, 6.07) is 2.01. The van der Waals surface area contributed by atoms with Crippen molar-refractivity contribution in [2.45, 2.75) is 58.4 Å². The molecule has 4 nitrogen and oxygen atoms in total. The van der Waals surface area contributed by atoms with E-state index in [1.54, 1.807) is 6.07 Å². The Bertz CT molecular complexity index is 453. The molecule has 1 aromatic rings. The van der Waals surface area contributed by atoms with E-state index >= 15 is 0 Å². The Labute approximate surface area is 108 Å². The summed E-state index contributed by atoms with van der Waals surface area (Å²) in [7, 11) is 0. The third kappa shape index (κ3) is 3.12. The van der Waals surface area contributed by atoms with Crippen molar-refractivity contribution in [1.82, 2.24) is 9.97 Å². The lowest BCUT2D eigenvalue weighted by Gasteiger charge is -2.30. The predicted octanol–water partition coefficient (Wildman–Crippen LogP) is 2.88. The normalized spacial score (nSPS) is 24.2. The minimum atomic E-state index is -0.0698. The Hall–Kier alpha value is -1.32. The van der Waals surface area contributed by atoms with E-state index in [0.29, 0.717) is 12.0 Å². The van der Waals surface area contributed by atoms with Crippen LogP contribution in [-0.2, 0) is 0 Å². The molecular formula is C14H23N3O. The van der Waals surface area contributed by atoms with Gasteiger partial charge in [0.15, 0.2) is 0 Å². The van der Waals surface area contributed by atoms with Crippen LogP contribution < -0.4 is 10.9 Å². The van der Waals surface area contributed by atoms with Crippen molar-refractivity contribution >= 4 is 5.82 Å². The summed E-state index contributed by atoms with van der Waals surface area (Å²) in [5, 5.41) is 3.44. The molecule has 1 saturated carbocycles. The van der Waals surface area contributed by atoms with Gasteiger partial charge >= 0.3 is 0 Å². The fraction of sp³-hybridized carbons (Fsp3) is 0.714. The smallest absolute Gasteiger partial charge is 0.252 e. The number of nitrogens with one attached hydrogen (secondary N) is 2. The van der Waals surface area contributed by atoms with Crippen molar-refractivity contribution in [3.8, 4) is 0 Å². The number of hydrogen-bond donors (Lipinski definition) is 2. The zero-order valence-corrected chi connectivity index (χ0v) is 11.5. The molecule has 0 radical (unpaired) electrons. The number of hydrogen-bond acceptors (Lipinski definition) is 3. The molecule has 100 valence electrons. The molecule has 0 aromatic carbocycles. The highest BCUT2D eigenvalue weighted by Crippen LogP contribution is 2.26. The second kappa shape index (κ2) is 5.55. The van der Waals surface area contributed by atoms with E-state index in [4.69, 9.17) is 0 Å². The first-order valence-electron chi connectivity index (χ1n) is 6.94. The number of rotatable bonds is 3. The van der Waals surface area contributed by atoms with Crippen molar-refractivity contribution in [3.05, 3.63) is 22.2 Å². The van der Waals surface area contributed by atoms with Gasteiger partial charge in [0, 0.05) is 18.0 Å². The van der Waals surface area contributed by atoms with Crippen LogP contribution in [0.4, 0.5) is 5.82 Å². The molecular weight excluding hydrogens is 226 g/mol. The summed E-state index contributed by atoms with van der Waals surface area (Å²) in [6.45, 7) is 6.34. The van der Waals surface area contributed by atoms with E-state index in [0.717, 1.165) is 11.6 Å². The van der Waals surface area contributed by atoms with Crippen molar-refractivity contribution in [3.63, 3.8) is 0 Å². The molecule has 0 amide bonds. The molecule has 1 aliphatic carbocycles. The number of nitrogens with zero attached hydrogens (tertiary/aromatic N) is 1. The molecule has 0 bridgehead atoms. The predicted molar refractivity (Wildman–Crippen MR) is 74.0 cm³/mol. The first-order valence-corrected chi connectivity index (χ1v) is 6.94. The van der Waals surface area contributed by atoms with Gasteiger partial charge in [0.05, 0.1) is 0 Å². The summed E-state index contributed by atoms with van der Waals surface area (Å²) >= 11 is 0. The Morgan fingerprint density at radius 2 is 2.11 bits per heavy atom. The van der Waals surface area contributed by atoms with Gasteiger partial charge in [-0.1, -0.05) is 33.6 Å². The average Bonchev–Trinajstić information content (AvgIpc) is 2.31. The highest BCUT2D eigenvalue weighted by atomic mass is 16.1. The standard InChI is InChI=1S/C14H23N3O/c1-9(2)14-16-12(8-13(18)17-14)15-11-7-5-4-6-10(11)3/h8-11H,4-7H2,1-3H3,(H2,15,16,17,18). The van der Waals surface area contributed by atoms with Crippen LogP contribution in [0.3, 0.4) is 0 Å². The lowest BCUT2D eigenvalue weighted by Crippen LogP contribution is -2.31. The average molecular weight is 249 g/mol. The van der Waals surface area contributed by atoms with Crippen LogP contribution in [0.25, 0.3) is 0 Å². The van der Waals surface area contributed by atoms with Crippen LogP contribution in [-0.4, -0.2) is 16.0 Å². The molecule has 0 saturated heterocycles. The SMILES string of the molecule is CC(C)c1nc(NC2CCCCC2C)cc(=O)[nH]1. The second-order valence-corrected chi connectivity index (χ2v) is 5.68. The topological polar surface area (TPSA) is 57.8 Å². The van der Waals surface area contributed by atoms with Crippen molar-refractivity contribution in [2.24, 2.45) is 5.92 Å². The first kappa shape index (κ1) is 13.1. The molecule has 0 aliphatic heterocycles. The number of H-pyrrole nitrogens is 1. The molecule has 1 aromatic heterocycles. The molecule has 1 heterocycles. The van der Waals surface area contributed by atoms with E-state index in [-0.39, 0.29) is 11.5 Å². The molecule has 2 N–H and O–H groups in total. The summed E-state index contributed by atoms with van der Waals surface area (Å²) in [4.78, 5) is 18.9. The van der Waals surface area contributed by atoms with Crippen LogP contribution in [0.5, 0.6) is 0 Å². The summed E-state index contributed by atoms with van der Waals surface area (Å²) < 4.78 is 0. The van der Waals surface area contributed by atoms with Gasteiger partial charge in [-0.2, -0.15) is 0 Å². The minimum Gasteiger partial charge on any atom is -0.367 e.